The molecule has 1 saturated carbocycles. The Bertz CT molecular complexity index is 386. The summed E-state index contributed by atoms with van der Waals surface area (Å²) >= 11 is 0. The highest BCUT2D eigenvalue weighted by Crippen LogP contribution is 2.28. The monoisotopic (exact) mass is 276 g/mol. The second-order valence-corrected chi connectivity index (χ2v) is 5.58. The molecule has 3 nitrogen and oxygen atoms in total. The largest absolute Gasteiger partial charge is 0.494 e. The van der Waals surface area contributed by atoms with E-state index in [2.05, 4.69) is 48.3 Å². The minimum Gasteiger partial charge on any atom is -0.494 e. The number of benzene rings is 1. The summed E-state index contributed by atoms with van der Waals surface area (Å²) in [5, 5.41) is 3.45. The van der Waals surface area contributed by atoms with Crippen molar-refractivity contribution < 1.29 is 4.74 Å². The maximum absolute atomic E-state index is 5.64. The molecule has 0 aliphatic heterocycles. The Morgan fingerprint density at radius 3 is 2.45 bits per heavy atom. The molecule has 20 heavy (non-hydrogen) atoms. The van der Waals surface area contributed by atoms with Crippen LogP contribution in [0.3, 0.4) is 0 Å². The first-order chi connectivity index (χ1) is 9.78. The van der Waals surface area contributed by atoms with Gasteiger partial charge in [-0.2, -0.15) is 0 Å². The summed E-state index contributed by atoms with van der Waals surface area (Å²) in [6.45, 7) is 7.41. The van der Waals surface area contributed by atoms with Crippen LogP contribution >= 0.6 is 0 Å². The number of nitrogens with zero attached hydrogens (tertiary/aromatic N) is 1. The van der Waals surface area contributed by atoms with E-state index in [0.717, 1.165) is 37.9 Å². The summed E-state index contributed by atoms with van der Waals surface area (Å²) in [4.78, 5) is 2.59. The van der Waals surface area contributed by atoms with Crippen LogP contribution in [0.4, 0.5) is 0 Å². The topological polar surface area (TPSA) is 24.5 Å². The van der Waals surface area contributed by atoms with Crippen molar-refractivity contribution in [3.8, 4) is 5.75 Å². The summed E-state index contributed by atoms with van der Waals surface area (Å²) in [6.07, 6.45) is 3.79. The van der Waals surface area contributed by atoms with Gasteiger partial charge < -0.3 is 10.1 Å². The van der Waals surface area contributed by atoms with Gasteiger partial charge in [0.05, 0.1) is 6.61 Å². The average molecular weight is 276 g/mol. The van der Waals surface area contributed by atoms with E-state index in [0.29, 0.717) is 6.04 Å². The van der Waals surface area contributed by atoms with Crippen LogP contribution in [-0.4, -0.2) is 37.7 Å². The smallest absolute Gasteiger partial charge is 0.119 e. The highest BCUT2D eigenvalue weighted by Gasteiger charge is 2.29. The van der Waals surface area contributed by atoms with Gasteiger partial charge in [-0.05, 0) is 50.6 Å². The average Bonchev–Trinajstić information content (AvgIpc) is 3.32. The fraction of sp³-hybridized carbons (Fsp3) is 0.647. The summed E-state index contributed by atoms with van der Waals surface area (Å²) in [5.74, 6) is 0.972. The molecule has 1 aliphatic rings. The maximum atomic E-state index is 5.64. The van der Waals surface area contributed by atoms with Gasteiger partial charge in [0.2, 0.25) is 0 Å². The summed E-state index contributed by atoms with van der Waals surface area (Å²) < 4.78 is 5.64. The second-order valence-electron chi connectivity index (χ2n) is 5.58. The van der Waals surface area contributed by atoms with E-state index in [1.165, 1.54) is 18.4 Å². The molecule has 2 rings (SSSR count). The van der Waals surface area contributed by atoms with Gasteiger partial charge in [-0.1, -0.05) is 26.0 Å². The third-order valence-corrected chi connectivity index (χ3v) is 3.99. The molecule has 0 aromatic heterocycles. The third-order valence-electron chi connectivity index (χ3n) is 3.99. The molecule has 0 heterocycles. The van der Waals surface area contributed by atoms with E-state index in [1.807, 2.05) is 7.05 Å². The quantitative estimate of drug-likeness (QED) is 0.749. The minimum atomic E-state index is 0.399. The first-order valence-electron chi connectivity index (χ1n) is 7.92. The predicted octanol–water partition coefficient (Wildman–Crippen LogP) is 3.22. The molecule has 0 bridgehead atoms. The van der Waals surface area contributed by atoms with Crippen molar-refractivity contribution >= 4 is 0 Å². The van der Waals surface area contributed by atoms with Crippen molar-refractivity contribution in [2.24, 2.45) is 0 Å². The van der Waals surface area contributed by atoms with Gasteiger partial charge >= 0.3 is 0 Å². The van der Waals surface area contributed by atoms with Gasteiger partial charge in [-0.15, -0.1) is 0 Å². The number of hydrogen-bond acceptors (Lipinski definition) is 3. The molecule has 1 atom stereocenters. The SMILES string of the molecule is CCCOc1ccc(C(CN(CC)C2CC2)NC)cc1. The van der Waals surface area contributed by atoms with Gasteiger partial charge in [0, 0.05) is 18.6 Å². The lowest BCUT2D eigenvalue weighted by molar-refractivity contribution is 0.248. The fourth-order valence-electron chi connectivity index (χ4n) is 2.59. The van der Waals surface area contributed by atoms with Gasteiger partial charge in [0.15, 0.2) is 0 Å². The van der Waals surface area contributed by atoms with Crippen molar-refractivity contribution in [2.45, 2.75) is 45.2 Å². The van der Waals surface area contributed by atoms with Crippen LogP contribution in [0, 0.1) is 0 Å². The first-order valence-corrected chi connectivity index (χ1v) is 7.92. The Hall–Kier alpha value is -1.06. The number of rotatable bonds is 9. The van der Waals surface area contributed by atoms with Gasteiger partial charge in [-0.25, -0.2) is 0 Å². The van der Waals surface area contributed by atoms with Crippen molar-refractivity contribution in [3.63, 3.8) is 0 Å². The molecule has 0 amide bonds. The number of likely N-dealkylation sites (N-methyl/N-ethyl adjacent to an activating group) is 2. The number of nitrogens with one attached hydrogen (secondary N) is 1. The number of ether oxygens (including phenoxy) is 1. The lowest BCUT2D eigenvalue weighted by atomic mass is 10.1. The van der Waals surface area contributed by atoms with Crippen LogP contribution in [-0.2, 0) is 0 Å². The standard InChI is InChI=1S/C17H28N2O/c1-4-12-20-16-10-6-14(7-11-16)17(18-3)13-19(5-2)15-8-9-15/h6-7,10-11,15,17-18H,4-5,8-9,12-13H2,1-3H3. The molecular formula is C17H28N2O. The van der Waals surface area contributed by atoms with Crippen LogP contribution < -0.4 is 10.1 Å². The maximum Gasteiger partial charge on any atom is 0.119 e. The van der Waals surface area contributed by atoms with E-state index >= 15 is 0 Å². The molecule has 0 radical (unpaired) electrons. The zero-order valence-corrected chi connectivity index (χ0v) is 13.1. The molecule has 1 aliphatic carbocycles. The molecule has 1 aromatic rings. The molecule has 1 fully saturated rings. The van der Waals surface area contributed by atoms with E-state index in [4.69, 9.17) is 4.74 Å². The van der Waals surface area contributed by atoms with Crippen molar-refractivity contribution in [1.29, 1.82) is 0 Å². The summed E-state index contributed by atoms with van der Waals surface area (Å²) in [6, 6.07) is 9.77. The van der Waals surface area contributed by atoms with Crippen molar-refractivity contribution in [3.05, 3.63) is 29.8 Å². The molecule has 1 aromatic carbocycles. The van der Waals surface area contributed by atoms with Crippen LogP contribution in [0.25, 0.3) is 0 Å². The van der Waals surface area contributed by atoms with Gasteiger partial charge in [-0.3, -0.25) is 4.90 Å². The van der Waals surface area contributed by atoms with E-state index < -0.39 is 0 Å². The summed E-state index contributed by atoms with van der Waals surface area (Å²) in [5.41, 5.74) is 1.34. The third kappa shape index (κ3) is 4.22. The van der Waals surface area contributed by atoms with Gasteiger partial charge in [0.25, 0.3) is 0 Å². The van der Waals surface area contributed by atoms with E-state index in [-0.39, 0.29) is 0 Å². The molecule has 112 valence electrons. The Labute approximate surface area is 123 Å². The Balaban J connectivity index is 1.95. The zero-order valence-electron chi connectivity index (χ0n) is 13.1. The fourth-order valence-corrected chi connectivity index (χ4v) is 2.59. The first kappa shape index (κ1) is 15.3. The van der Waals surface area contributed by atoms with Crippen molar-refractivity contribution in [2.75, 3.05) is 26.7 Å². The van der Waals surface area contributed by atoms with Crippen LogP contribution in [0.5, 0.6) is 5.75 Å². The normalized spacial score (nSPS) is 16.4. The Morgan fingerprint density at radius 2 is 1.95 bits per heavy atom. The Kier molecular flexibility index (Phi) is 5.86. The van der Waals surface area contributed by atoms with Crippen LogP contribution in [0.2, 0.25) is 0 Å². The highest BCUT2D eigenvalue weighted by molar-refractivity contribution is 5.29. The Morgan fingerprint density at radius 1 is 1.25 bits per heavy atom. The van der Waals surface area contributed by atoms with E-state index in [9.17, 15) is 0 Å². The van der Waals surface area contributed by atoms with Crippen molar-refractivity contribution in [1.82, 2.24) is 10.2 Å². The lowest BCUT2D eigenvalue weighted by Gasteiger charge is -2.26. The molecule has 1 N–H and O–H groups in total. The van der Waals surface area contributed by atoms with Gasteiger partial charge in [0.1, 0.15) is 5.75 Å². The molecule has 3 heteroatoms. The number of hydrogen-bond donors (Lipinski definition) is 1. The van der Waals surface area contributed by atoms with E-state index in [1.54, 1.807) is 0 Å². The van der Waals surface area contributed by atoms with Crippen LogP contribution in [0.1, 0.15) is 44.7 Å². The predicted molar refractivity (Wildman–Crippen MR) is 84.3 cm³/mol. The molecule has 1 unspecified atom stereocenters. The summed E-state index contributed by atoms with van der Waals surface area (Å²) in [7, 11) is 2.05. The minimum absolute atomic E-state index is 0.399. The second kappa shape index (κ2) is 7.65. The molecule has 0 saturated heterocycles. The zero-order chi connectivity index (χ0) is 14.4. The molecular weight excluding hydrogens is 248 g/mol. The molecule has 0 spiro atoms. The lowest BCUT2D eigenvalue weighted by Crippen LogP contribution is -2.35. The highest BCUT2D eigenvalue weighted by atomic mass is 16.5. The van der Waals surface area contributed by atoms with Crippen LogP contribution in [0.15, 0.2) is 24.3 Å².